The van der Waals surface area contributed by atoms with Gasteiger partial charge in [0.1, 0.15) is 11.5 Å². The first kappa shape index (κ1) is 23.3. The van der Waals surface area contributed by atoms with E-state index in [1.54, 1.807) is 6.92 Å². The zero-order valence-corrected chi connectivity index (χ0v) is 17.3. The summed E-state index contributed by atoms with van der Waals surface area (Å²) < 4.78 is 5.09. The van der Waals surface area contributed by atoms with E-state index in [1.165, 1.54) is 0 Å². The lowest BCUT2D eigenvalue weighted by atomic mass is 9.98. The zero-order valence-electron chi connectivity index (χ0n) is 16.5. The van der Waals surface area contributed by atoms with Crippen LogP contribution in [0.2, 0.25) is 5.02 Å². The van der Waals surface area contributed by atoms with Crippen LogP contribution in [0.25, 0.3) is 0 Å². The number of halogens is 1. The third-order valence-electron chi connectivity index (χ3n) is 4.56. The van der Waals surface area contributed by atoms with Gasteiger partial charge in [0.05, 0.1) is 16.7 Å². The van der Waals surface area contributed by atoms with Gasteiger partial charge in [-0.1, -0.05) is 43.7 Å². The molecule has 5 nitrogen and oxygen atoms in total. The lowest BCUT2D eigenvalue weighted by Gasteiger charge is -2.13. The van der Waals surface area contributed by atoms with Gasteiger partial charge in [-0.05, 0) is 45.6 Å². The van der Waals surface area contributed by atoms with E-state index in [0.717, 1.165) is 44.9 Å². The minimum atomic E-state index is -0.169. The van der Waals surface area contributed by atoms with Crippen LogP contribution in [0.15, 0.2) is 0 Å². The molecule has 0 radical (unpaired) electrons. The Balaban J connectivity index is 2.27. The van der Waals surface area contributed by atoms with E-state index < -0.39 is 0 Å². The molecule has 0 aliphatic carbocycles. The third-order valence-corrected chi connectivity index (χ3v) is 5.02. The Morgan fingerprint density at radius 2 is 1.59 bits per heavy atom. The fraction of sp³-hybridized carbons (Fsp3) is 0.619. The van der Waals surface area contributed by atoms with Gasteiger partial charge in [-0.25, -0.2) is 0 Å². The SMILES string of the molecule is Cc1c(Cl)c(O)c(CCCCCCCCCC(=O)OC(C)C)c(O)c1C=O. The summed E-state index contributed by atoms with van der Waals surface area (Å²) in [6, 6.07) is 0. The monoisotopic (exact) mass is 398 g/mol. The minimum Gasteiger partial charge on any atom is -0.507 e. The predicted molar refractivity (Wildman–Crippen MR) is 107 cm³/mol. The first-order valence-electron chi connectivity index (χ1n) is 9.67. The Bertz CT molecular complexity index is 640. The second-order valence-corrected chi connectivity index (χ2v) is 7.54. The molecule has 0 bridgehead atoms. The Kier molecular flexibility index (Phi) is 10.2. The number of carbonyl (C=O) groups excluding carboxylic acids is 2. The number of ether oxygens (including phenoxy) is 1. The molecule has 0 fully saturated rings. The van der Waals surface area contributed by atoms with Crippen molar-refractivity contribution in [2.45, 2.75) is 84.7 Å². The number of aromatic hydroxyl groups is 2. The lowest BCUT2D eigenvalue weighted by Crippen LogP contribution is -2.10. The molecule has 6 heteroatoms. The molecular weight excluding hydrogens is 368 g/mol. The number of esters is 1. The van der Waals surface area contributed by atoms with Gasteiger partial charge in [0.15, 0.2) is 6.29 Å². The van der Waals surface area contributed by atoms with E-state index in [0.29, 0.717) is 30.3 Å². The van der Waals surface area contributed by atoms with Crippen molar-refractivity contribution in [2.75, 3.05) is 0 Å². The molecule has 0 amide bonds. The quantitative estimate of drug-likeness (QED) is 0.276. The number of benzene rings is 1. The molecule has 1 aromatic rings. The molecule has 0 saturated heterocycles. The van der Waals surface area contributed by atoms with Crippen LogP contribution in [0.5, 0.6) is 11.5 Å². The van der Waals surface area contributed by atoms with Gasteiger partial charge < -0.3 is 14.9 Å². The predicted octanol–water partition coefficient (Wildman–Crippen LogP) is 5.49. The fourth-order valence-corrected chi connectivity index (χ4v) is 3.25. The molecule has 2 N–H and O–H groups in total. The lowest BCUT2D eigenvalue weighted by molar-refractivity contribution is -0.147. The number of carbonyl (C=O) groups is 2. The smallest absolute Gasteiger partial charge is 0.306 e. The van der Waals surface area contributed by atoms with Crippen molar-refractivity contribution in [1.82, 2.24) is 0 Å². The van der Waals surface area contributed by atoms with Crippen molar-refractivity contribution in [3.05, 3.63) is 21.7 Å². The second-order valence-electron chi connectivity index (χ2n) is 7.16. The molecule has 0 heterocycles. The molecule has 0 aliphatic rings. The van der Waals surface area contributed by atoms with E-state index in [2.05, 4.69) is 0 Å². The molecule has 0 aromatic heterocycles. The van der Waals surface area contributed by atoms with Crippen LogP contribution < -0.4 is 0 Å². The van der Waals surface area contributed by atoms with E-state index >= 15 is 0 Å². The molecule has 1 rings (SSSR count). The van der Waals surface area contributed by atoms with Crippen LogP contribution in [0.1, 0.15) is 86.7 Å². The van der Waals surface area contributed by atoms with E-state index in [1.807, 2.05) is 13.8 Å². The van der Waals surface area contributed by atoms with Gasteiger partial charge in [-0.3, -0.25) is 9.59 Å². The van der Waals surface area contributed by atoms with Gasteiger partial charge >= 0.3 is 5.97 Å². The highest BCUT2D eigenvalue weighted by molar-refractivity contribution is 6.33. The zero-order chi connectivity index (χ0) is 20.4. The van der Waals surface area contributed by atoms with Crippen molar-refractivity contribution in [1.29, 1.82) is 0 Å². The number of unbranched alkanes of at least 4 members (excludes halogenated alkanes) is 6. The van der Waals surface area contributed by atoms with Crippen LogP contribution in [-0.2, 0) is 16.0 Å². The van der Waals surface area contributed by atoms with Crippen molar-refractivity contribution >= 4 is 23.9 Å². The Morgan fingerprint density at radius 1 is 1.04 bits per heavy atom. The summed E-state index contributed by atoms with van der Waals surface area (Å²) >= 11 is 6.05. The minimum absolute atomic E-state index is 0.0533. The number of phenolic OH excluding ortho intramolecular Hbond substituents is 2. The van der Waals surface area contributed by atoms with Crippen LogP contribution >= 0.6 is 11.6 Å². The number of hydrogen-bond donors (Lipinski definition) is 2. The van der Waals surface area contributed by atoms with Crippen LogP contribution in [0.4, 0.5) is 0 Å². The van der Waals surface area contributed by atoms with Crippen LogP contribution in [0.3, 0.4) is 0 Å². The maximum absolute atomic E-state index is 11.4. The molecule has 0 atom stereocenters. The topological polar surface area (TPSA) is 83.8 Å². The summed E-state index contributed by atoms with van der Waals surface area (Å²) in [6.07, 6.45) is 8.24. The average Bonchev–Trinajstić information content (AvgIpc) is 2.60. The normalized spacial score (nSPS) is 11.0. The Morgan fingerprint density at radius 3 is 2.15 bits per heavy atom. The molecule has 27 heavy (non-hydrogen) atoms. The van der Waals surface area contributed by atoms with Crippen molar-refractivity contribution in [2.24, 2.45) is 0 Å². The molecular formula is C21H31ClO5. The fourth-order valence-electron chi connectivity index (χ4n) is 3.04. The Hall–Kier alpha value is -1.75. The van der Waals surface area contributed by atoms with Gasteiger partial charge in [0.2, 0.25) is 0 Å². The first-order chi connectivity index (χ1) is 12.8. The average molecular weight is 399 g/mol. The van der Waals surface area contributed by atoms with Gasteiger partial charge in [-0.2, -0.15) is 0 Å². The molecule has 0 saturated carbocycles. The van der Waals surface area contributed by atoms with Crippen molar-refractivity contribution < 1.29 is 24.5 Å². The highest BCUT2D eigenvalue weighted by atomic mass is 35.5. The van der Waals surface area contributed by atoms with E-state index in [9.17, 15) is 19.8 Å². The maximum atomic E-state index is 11.4. The maximum Gasteiger partial charge on any atom is 0.306 e. The van der Waals surface area contributed by atoms with Gasteiger partial charge in [0, 0.05) is 12.0 Å². The summed E-state index contributed by atoms with van der Waals surface area (Å²) in [7, 11) is 0. The molecule has 1 aromatic carbocycles. The summed E-state index contributed by atoms with van der Waals surface area (Å²) in [4.78, 5) is 22.5. The highest BCUT2D eigenvalue weighted by Gasteiger charge is 2.19. The summed E-state index contributed by atoms with van der Waals surface area (Å²) in [5.41, 5.74) is 0.878. The summed E-state index contributed by atoms with van der Waals surface area (Å²) in [5.74, 6) is -0.431. The molecule has 152 valence electrons. The van der Waals surface area contributed by atoms with Crippen LogP contribution in [0, 0.1) is 6.92 Å². The first-order valence-corrected chi connectivity index (χ1v) is 10.0. The molecule has 0 aliphatic heterocycles. The third kappa shape index (κ3) is 7.41. The number of phenols is 2. The van der Waals surface area contributed by atoms with E-state index in [-0.39, 0.29) is 34.2 Å². The van der Waals surface area contributed by atoms with Crippen molar-refractivity contribution in [3.8, 4) is 11.5 Å². The molecule has 0 unspecified atom stereocenters. The largest absolute Gasteiger partial charge is 0.507 e. The number of hydrogen-bond acceptors (Lipinski definition) is 5. The van der Waals surface area contributed by atoms with E-state index in [4.69, 9.17) is 16.3 Å². The summed E-state index contributed by atoms with van der Waals surface area (Å²) in [5, 5.41) is 20.4. The second kappa shape index (κ2) is 11.9. The van der Waals surface area contributed by atoms with Crippen molar-refractivity contribution in [3.63, 3.8) is 0 Å². The van der Waals surface area contributed by atoms with Gasteiger partial charge in [-0.15, -0.1) is 0 Å². The van der Waals surface area contributed by atoms with Crippen LogP contribution in [-0.4, -0.2) is 28.6 Å². The summed E-state index contributed by atoms with van der Waals surface area (Å²) in [6.45, 7) is 5.29. The van der Waals surface area contributed by atoms with Gasteiger partial charge in [0.25, 0.3) is 0 Å². The standard InChI is InChI=1S/C21H31ClO5/c1-14(2)27-18(24)12-10-8-6-4-5-7-9-11-16-20(25)17(13-23)15(3)19(22)21(16)26/h13-14,25-26H,4-12H2,1-3H3. The Labute approximate surface area is 166 Å². The highest BCUT2D eigenvalue weighted by Crippen LogP contribution is 2.40. The molecule has 0 spiro atoms. The number of aldehydes is 1. The number of rotatable bonds is 12.